The van der Waals surface area contributed by atoms with Crippen molar-refractivity contribution in [3.63, 3.8) is 0 Å². The lowest BCUT2D eigenvalue weighted by molar-refractivity contribution is -0.0967. The summed E-state index contributed by atoms with van der Waals surface area (Å²) in [5.41, 5.74) is -0.627. The number of piperidine rings is 1. The highest BCUT2D eigenvalue weighted by atomic mass is 19.1. The van der Waals surface area contributed by atoms with Crippen LogP contribution in [0.1, 0.15) is 92.1 Å². The van der Waals surface area contributed by atoms with Gasteiger partial charge in [-0.25, -0.2) is 8.78 Å². The number of aryl methyl sites for hydroxylation is 1. The molecule has 10 nitrogen and oxygen atoms in total. The van der Waals surface area contributed by atoms with Gasteiger partial charge < -0.3 is 29.3 Å². The van der Waals surface area contributed by atoms with Crippen LogP contribution in [0.3, 0.4) is 0 Å². The second kappa shape index (κ2) is 16.0. The number of aliphatic hydroxyl groups is 1. The number of aromatic hydroxyl groups is 1. The molecular weight excluding hydrogens is 704 g/mol. The first-order valence-corrected chi connectivity index (χ1v) is 20.3. The Kier molecular flexibility index (Phi) is 11.5. The number of nitrogens with zero attached hydrogens (tertiary/aromatic N) is 5. The molecule has 298 valence electrons. The molecule has 8 rings (SSSR count). The molecule has 55 heavy (non-hydrogen) atoms. The quantitative estimate of drug-likeness (QED) is 0.192. The fourth-order valence-corrected chi connectivity index (χ4v) is 9.96. The number of β-amino-alcohol motifs (C(OH)–C–C–N with tert-alkyl or cyclic N) is 1. The lowest BCUT2D eigenvalue weighted by atomic mass is 9.74. The first kappa shape index (κ1) is 39.5. The zero-order valence-corrected chi connectivity index (χ0v) is 33.2. The largest absolute Gasteiger partial charge is 0.508 e. The van der Waals surface area contributed by atoms with Gasteiger partial charge in [0, 0.05) is 35.8 Å². The first-order valence-electron chi connectivity index (χ1n) is 20.3. The van der Waals surface area contributed by atoms with Gasteiger partial charge in [0.15, 0.2) is 5.82 Å². The van der Waals surface area contributed by atoms with Gasteiger partial charge in [0.2, 0.25) is 0 Å². The number of rotatable bonds is 7. The maximum atomic E-state index is 17.1. The van der Waals surface area contributed by atoms with Crippen molar-refractivity contribution < 1.29 is 33.2 Å². The minimum Gasteiger partial charge on any atom is -0.508 e. The molecular formula is C43H57F2N5O5. The number of phenolic OH excluding ortho intramolecular Hbond substituents is 1. The standard InChI is InChI=1S/C41H51F2N5O5.C2H6/c1-5-29-32(42)10-9-26-18-28(49)19-30(34(26)29)36-35(43)37-31(20-44-36)38(47-14-15-51-22-40(4,50)21-47)46-39(45-37)52-23-41-11-6-8-33(41)48(13-7-12-41)27-16-24(2)53-25(3)17-27;1-2/h9-10,18-20,24-25,27,33,49-50H,5-8,11-17,21-23H2,1-4H3;1-2H3. The van der Waals surface area contributed by atoms with Gasteiger partial charge in [-0.3, -0.25) is 9.88 Å². The number of anilines is 1. The zero-order valence-electron chi connectivity index (χ0n) is 33.2. The number of halogens is 2. The summed E-state index contributed by atoms with van der Waals surface area (Å²) in [5, 5.41) is 23.2. The van der Waals surface area contributed by atoms with Crippen LogP contribution in [-0.4, -0.2) is 99.4 Å². The fraction of sp³-hybridized carbons (Fsp3) is 0.605. The summed E-state index contributed by atoms with van der Waals surface area (Å²) in [6.07, 6.45) is 9.78. The molecule has 2 aromatic carbocycles. The molecule has 4 aromatic rings. The number of pyridine rings is 1. The number of benzene rings is 2. The van der Waals surface area contributed by atoms with Gasteiger partial charge >= 0.3 is 6.01 Å². The number of aromatic nitrogens is 3. The Bertz CT molecular complexity index is 2000. The Hall–Kier alpha value is -3.71. The first-order chi connectivity index (χ1) is 26.4. The second-order valence-corrected chi connectivity index (χ2v) is 16.2. The van der Waals surface area contributed by atoms with Crippen LogP contribution in [0.4, 0.5) is 14.6 Å². The molecule has 5 atom stereocenters. The van der Waals surface area contributed by atoms with Crippen LogP contribution in [0.25, 0.3) is 32.9 Å². The van der Waals surface area contributed by atoms with Gasteiger partial charge in [-0.15, -0.1) is 0 Å². The molecule has 1 aliphatic carbocycles. The highest BCUT2D eigenvalue weighted by molar-refractivity contribution is 6.01. The van der Waals surface area contributed by atoms with E-state index in [0.717, 1.165) is 51.5 Å². The van der Waals surface area contributed by atoms with E-state index in [0.29, 0.717) is 65.8 Å². The van der Waals surface area contributed by atoms with E-state index in [4.69, 9.17) is 24.2 Å². The minimum absolute atomic E-state index is 0.00155. The summed E-state index contributed by atoms with van der Waals surface area (Å²) in [6, 6.07) is 6.80. The van der Waals surface area contributed by atoms with Gasteiger partial charge in [-0.2, -0.15) is 9.97 Å². The van der Waals surface area contributed by atoms with Crippen LogP contribution in [0.2, 0.25) is 0 Å². The fourth-order valence-electron chi connectivity index (χ4n) is 9.96. The number of hydrogen-bond donors (Lipinski definition) is 2. The van der Waals surface area contributed by atoms with Crippen molar-refractivity contribution in [2.75, 3.05) is 44.4 Å². The summed E-state index contributed by atoms with van der Waals surface area (Å²) < 4.78 is 50.7. The smallest absolute Gasteiger partial charge is 0.319 e. The van der Waals surface area contributed by atoms with Gasteiger partial charge in [-0.05, 0) is 107 Å². The zero-order chi connectivity index (χ0) is 39.1. The molecule has 1 saturated carbocycles. The topological polar surface area (TPSA) is 113 Å². The van der Waals surface area contributed by atoms with Crippen LogP contribution in [0.15, 0.2) is 30.5 Å². The van der Waals surface area contributed by atoms with Crippen molar-refractivity contribution in [3.05, 3.63) is 47.7 Å². The Balaban J connectivity index is 0.00000229. The highest BCUT2D eigenvalue weighted by Crippen LogP contribution is 2.50. The lowest BCUT2D eigenvalue weighted by Crippen LogP contribution is -2.57. The summed E-state index contributed by atoms with van der Waals surface area (Å²) in [5.74, 6) is -0.824. The summed E-state index contributed by atoms with van der Waals surface area (Å²) in [7, 11) is 0. The molecule has 0 radical (unpaired) electrons. The molecule has 5 unspecified atom stereocenters. The van der Waals surface area contributed by atoms with Crippen molar-refractivity contribution in [2.45, 2.75) is 123 Å². The van der Waals surface area contributed by atoms with Crippen LogP contribution >= 0.6 is 0 Å². The molecule has 2 N–H and O–H groups in total. The van der Waals surface area contributed by atoms with E-state index in [1.54, 1.807) is 19.1 Å². The number of fused-ring (bicyclic) bond motifs is 3. The predicted octanol–water partition coefficient (Wildman–Crippen LogP) is 7.97. The Labute approximate surface area is 323 Å². The molecule has 3 saturated heterocycles. The summed E-state index contributed by atoms with van der Waals surface area (Å²) >= 11 is 0. The van der Waals surface area contributed by atoms with E-state index in [-0.39, 0.29) is 59.3 Å². The molecule has 4 fully saturated rings. The van der Waals surface area contributed by atoms with Crippen LogP contribution < -0.4 is 9.64 Å². The molecule has 0 bridgehead atoms. The lowest BCUT2D eigenvalue weighted by Gasteiger charge is -2.51. The summed E-state index contributed by atoms with van der Waals surface area (Å²) in [6.45, 7) is 14.5. The van der Waals surface area contributed by atoms with Crippen molar-refractivity contribution in [2.24, 2.45) is 5.41 Å². The molecule has 12 heteroatoms. The van der Waals surface area contributed by atoms with Crippen molar-refractivity contribution in [1.29, 1.82) is 0 Å². The average molecular weight is 762 g/mol. The Morgan fingerprint density at radius 3 is 2.56 bits per heavy atom. The molecule has 0 spiro atoms. The number of phenols is 1. The molecule has 3 aliphatic heterocycles. The van der Waals surface area contributed by atoms with E-state index in [1.807, 2.05) is 25.7 Å². The molecule has 0 amide bonds. The van der Waals surface area contributed by atoms with E-state index in [1.165, 1.54) is 18.3 Å². The molecule has 5 heterocycles. The maximum absolute atomic E-state index is 17.1. The molecule has 4 aliphatic rings. The van der Waals surface area contributed by atoms with E-state index < -0.39 is 17.2 Å². The molecule has 2 aromatic heterocycles. The van der Waals surface area contributed by atoms with E-state index >= 15 is 8.78 Å². The van der Waals surface area contributed by atoms with Crippen molar-refractivity contribution in [1.82, 2.24) is 19.9 Å². The second-order valence-electron chi connectivity index (χ2n) is 16.2. The van der Waals surface area contributed by atoms with Crippen LogP contribution in [0, 0.1) is 17.0 Å². The number of ether oxygens (including phenoxy) is 3. The van der Waals surface area contributed by atoms with Gasteiger partial charge in [-0.1, -0.05) is 33.3 Å². The van der Waals surface area contributed by atoms with Gasteiger partial charge in [0.25, 0.3) is 0 Å². The maximum Gasteiger partial charge on any atom is 0.319 e. The number of hydrogen-bond acceptors (Lipinski definition) is 10. The van der Waals surface area contributed by atoms with Crippen molar-refractivity contribution in [3.8, 4) is 23.0 Å². The summed E-state index contributed by atoms with van der Waals surface area (Å²) in [4.78, 5) is 18.8. The normalized spacial score (nSPS) is 28.8. The monoisotopic (exact) mass is 761 g/mol. The van der Waals surface area contributed by atoms with Gasteiger partial charge in [0.1, 0.15) is 34.2 Å². The Morgan fingerprint density at radius 1 is 1.04 bits per heavy atom. The van der Waals surface area contributed by atoms with Crippen molar-refractivity contribution >= 4 is 27.5 Å². The SMILES string of the molecule is CC.CCc1c(F)ccc2cc(O)cc(-c3ncc4c(N5CCOCC(C)(O)C5)nc(OCC56CCCC5N(C5CC(C)OC(C)C5)CCC6)nc4c3F)c12. The number of likely N-dealkylation sites (tertiary alicyclic amines) is 1. The van der Waals surface area contributed by atoms with E-state index in [2.05, 4.69) is 23.7 Å². The Morgan fingerprint density at radius 2 is 1.80 bits per heavy atom. The van der Waals surface area contributed by atoms with Crippen LogP contribution in [-0.2, 0) is 15.9 Å². The third-order valence-electron chi connectivity index (χ3n) is 12.1. The van der Waals surface area contributed by atoms with E-state index in [9.17, 15) is 10.2 Å². The average Bonchev–Trinajstić information content (AvgIpc) is 3.51. The third kappa shape index (κ3) is 7.72. The third-order valence-corrected chi connectivity index (χ3v) is 12.1. The minimum atomic E-state index is -1.18. The van der Waals surface area contributed by atoms with Gasteiger partial charge in [0.05, 0.1) is 44.0 Å². The predicted molar refractivity (Wildman–Crippen MR) is 211 cm³/mol. The van der Waals surface area contributed by atoms with Crippen LogP contribution in [0.5, 0.6) is 11.8 Å². The highest BCUT2D eigenvalue weighted by Gasteiger charge is 2.50.